The summed E-state index contributed by atoms with van der Waals surface area (Å²) in [6.45, 7) is 5.58. The Morgan fingerprint density at radius 3 is 2.67 bits per heavy atom. The molecule has 1 aromatic heterocycles. The molecule has 15 heavy (non-hydrogen) atoms. The Morgan fingerprint density at radius 1 is 1.47 bits per heavy atom. The van der Waals surface area contributed by atoms with Crippen LogP contribution in [0.25, 0.3) is 0 Å². The molecule has 3 nitrogen and oxygen atoms in total. The fourth-order valence-corrected chi connectivity index (χ4v) is 2.51. The normalized spacial score (nSPS) is 19.6. The van der Waals surface area contributed by atoms with Crippen molar-refractivity contribution in [2.45, 2.75) is 26.3 Å². The largest absolute Gasteiger partial charge is 0.335 e. The van der Waals surface area contributed by atoms with Gasteiger partial charge in [0.1, 0.15) is 0 Å². The fourth-order valence-electron chi connectivity index (χ4n) is 2.22. The third-order valence-electron chi connectivity index (χ3n) is 3.21. The molecule has 0 bridgehead atoms. The highest BCUT2D eigenvalue weighted by molar-refractivity contribution is 7.71. The highest BCUT2D eigenvalue weighted by Gasteiger charge is 2.17. The first kappa shape index (κ1) is 10.9. The summed E-state index contributed by atoms with van der Waals surface area (Å²) in [6.07, 6.45) is 4.71. The van der Waals surface area contributed by atoms with Crippen LogP contribution in [0.15, 0.2) is 6.20 Å². The monoisotopic (exact) mass is 225 g/mol. The molecule has 1 aliphatic heterocycles. The summed E-state index contributed by atoms with van der Waals surface area (Å²) in [7, 11) is 2.20. The van der Waals surface area contributed by atoms with Gasteiger partial charge in [-0.15, -0.1) is 0 Å². The summed E-state index contributed by atoms with van der Waals surface area (Å²) >= 11 is 5.26. The third kappa shape index (κ3) is 2.69. The predicted molar refractivity (Wildman–Crippen MR) is 64.6 cm³/mol. The van der Waals surface area contributed by atoms with Gasteiger partial charge >= 0.3 is 0 Å². The molecule has 1 fully saturated rings. The van der Waals surface area contributed by atoms with E-state index in [1.54, 1.807) is 0 Å². The molecule has 0 spiro atoms. The van der Waals surface area contributed by atoms with E-state index >= 15 is 0 Å². The van der Waals surface area contributed by atoms with Gasteiger partial charge in [0.2, 0.25) is 0 Å². The van der Waals surface area contributed by atoms with Crippen LogP contribution in [-0.4, -0.2) is 34.6 Å². The van der Waals surface area contributed by atoms with Gasteiger partial charge in [0.25, 0.3) is 0 Å². The highest BCUT2D eigenvalue weighted by atomic mass is 32.1. The van der Waals surface area contributed by atoms with Crippen LogP contribution in [0.1, 0.15) is 18.5 Å². The molecular weight excluding hydrogens is 206 g/mol. The maximum Gasteiger partial charge on any atom is 0.177 e. The zero-order valence-electron chi connectivity index (χ0n) is 9.49. The molecule has 2 heterocycles. The van der Waals surface area contributed by atoms with E-state index in [1.807, 2.05) is 0 Å². The summed E-state index contributed by atoms with van der Waals surface area (Å²) < 4.78 is 3.05. The second-order valence-electron chi connectivity index (χ2n) is 4.64. The van der Waals surface area contributed by atoms with Crippen LogP contribution in [0, 0.1) is 17.6 Å². The molecule has 2 rings (SSSR count). The van der Waals surface area contributed by atoms with Crippen molar-refractivity contribution in [2.75, 3.05) is 20.1 Å². The van der Waals surface area contributed by atoms with E-state index in [2.05, 4.69) is 34.6 Å². The van der Waals surface area contributed by atoms with Gasteiger partial charge in [-0.3, -0.25) is 0 Å². The number of imidazole rings is 1. The van der Waals surface area contributed by atoms with Gasteiger partial charge in [0.15, 0.2) is 4.77 Å². The van der Waals surface area contributed by atoms with Crippen LogP contribution in [0.5, 0.6) is 0 Å². The average molecular weight is 225 g/mol. The van der Waals surface area contributed by atoms with Gasteiger partial charge in [0.05, 0.1) is 0 Å². The molecule has 1 aromatic rings. The zero-order chi connectivity index (χ0) is 10.8. The summed E-state index contributed by atoms with van der Waals surface area (Å²) in [5.74, 6) is 0.795. The maximum atomic E-state index is 5.26. The zero-order valence-corrected chi connectivity index (χ0v) is 10.3. The topological polar surface area (TPSA) is 24.0 Å². The van der Waals surface area contributed by atoms with Crippen molar-refractivity contribution in [3.05, 3.63) is 16.7 Å². The number of piperidine rings is 1. The number of hydrogen-bond donors (Lipinski definition) is 1. The van der Waals surface area contributed by atoms with Crippen molar-refractivity contribution < 1.29 is 0 Å². The van der Waals surface area contributed by atoms with Gasteiger partial charge in [-0.25, -0.2) is 0 Å². The third-order valence-corrected chi connectivity index (χ3v) is 3.54. The smallest absolute Gasteiger partial charge is 0.177 e. The van der Waals surface area contributed by atoms with Crippen LogP contribution in [-0.2, 0) is 6.54 Å². The van der Waals surface area contributed by atoms with E-state index in [9.17, 15) is 0 Å². The van der Waals surface area contributed by atoms with Crippen molar-refractivity contribution in [3.8, 4) is 0 Å². The van der Waals surface area contributed by atoms with E-state index in [0.717, 1.165) is 22.9 Å². The standard InChI is InChI=1S/C11H19N3S/c1-9-7-14(11(15)12-9)8-10-3-5-13(2)6-4-10/h7,10H,3-6,8H2,1-2H3,(H,12,15). The minimum Gasteiger partial charge on any atom is -0.335 e. The van der Waals surface area contributed by atoms with Gasteiger partial charge in [-0.05, 0) is 58.0 Å². The van der Waals surface area contributed by atoms with E-state index in [0.29, 0.717) is 0 Å². The number of likely N-dealkylation sites (tertiary alicyclic amines) is 1. The van der Waals surface area contributed by atoms with Gasteiger partial charge in [0, 0.05) is 18.4 Å². The second kappa shape index (κ2) is 4.49. The first-order valence-corrected chi connectivity index (χ1v) is 6.00. The maximum absolute atomic E-state index is 5.26. The molecule has 1 aliphatic rings. The average Bonchev–Trinajstić information content (AvgIpc) is 2.49. The minimum atomic E-state index is 0.795. The lowest BCUT2D eigenvalue weighted by Crippen LogP contribution is -2.31. The first-order valence-electron chi connectivity index (χ1n) is 5.60. The molecule has 4 heteroatoms. The van der Waals surface area contributed by atoms with Crippen LogP contribution in [0.4, 0.5) is 0 Å². The molecule has 0 aromatic carbocycles. The van der Waals surface area contributed by atoms with Crippen LogP contribution in [0.3, 0.4) is 0 Å². The molecular formula is C11H19N3S. The second-order valence-corrected chi connectivity index (χ2v) is 5.03. The Bertz CT molecular complexity index is 371. The van der Waals surface area contributed by atoms with Crippen LogP contribution < -0.4 is 0 Å². The lowest BCUT2D eigenvalue weighted by Gasteiger charge is -2.28. The van der Waals surface area contributed by atoms with E-state index < -0.39 is 0 Å². The minimum absolute atomic E-state index is 0.795. The fraction of sp³-hybridized carbons (Fsp3) is 0.727. The molecule has 84 valence electrons. The van der Waals surface area contributed by atoms with Gasteiger partial charge in [-0.2, -0.15) is 0 Å². The number of aryl methyl sites for hydroxylation is 1. The number of H-pyrrole nitrogens is 1. The SMILES string of the molecule is Cc1cn(CC2CCN(C)CC2)c(=S)[nH]1. The predicted octanol–water partition coefficient (Wildman–Crippen LogP) is 2.20. The Kier molecular flexibility index (Phi) is 3.26. The van der Waals surface area contributed by atoms with Crippen molar-refractivity contribution in [3.63, 3.8) is 0 Å². The van der Waals surface area contributed by atoms with Crippen LogP contribution >= 0.6 is 12.2 Å². The molecule has 0 aliphatic carbocycles. The number of rotatable bonds is 2. The molecule has 1 N–H and O–H groups in total. The summed E-state index contributed by atoms with van der Waals surface area (Å²) in [6, 6.07) is 0. The van der Waals surface area contributed by atoms with E-state index in [4.69, 9.17) is 12.2 Å². The Hall–Kier alpha value is -0.610. The molecule has 0 saturated carbocycles. The van der Waals surface area contributed by atoms with Crippen LogP contribution in [0.2, 0.25) is 0 Å². The highest BCUT2D eigenvalue weighted by Crippen LogP contribution is 2.18. The van der Waals surface area contributed by atoms with Gasteiger partial charge in [-0.1, -0.05) is 0 Å². The van der Waals surface area contributed by atoms with Crippen molar-refractivity contribution in [1.82, 2.24) is 14.5 Å². The lowest BCUT2D eigenvalue weighted by molar-refractivity contribution is 0.204. The summed E-state index contributed by atoms with van der Waals surface area (Å²) in [4.78, 5) is 5.57. The number of nitrogens with one attached hydrogen (secondary N) is 1. The quantitative estimate of drug-likeness (QED) is 0.780. The lowest BCUT2D eigenvalue weighted by atomic mass is 9.97. The molecule has 1 saturated heterocycles. The van der Waals surface area contributed by atoms with Crippen molar-refractivity contribution in [1.29, 1.82) is 0 Å². The number of hydrogen-bond acceptors (Lipinski definition) is 2. The molecule has 0 atom stereocenters. The molecule has 0 unspecified atom stereocenters. The van der Waals surface area contributed by atoms with E-state index in [-0.39, 0.29) is 0 Å². The Morgan fingerprint density at radius 2 is 2.13 bits per heavy atom. The number of aromatic amines is 1. The Balaban J connectivity index is 1.97. The van der Waals surface area contributed by atoms with E-state index in [1.165, 1.54) is 25.9 Å². The van der Waals surface area contributed by atoms with Crippen molar-refractivity contribution >= 4 is 12.2 Å². The number of aromatic nitrogens is 2. The summed E-state index contributed by atoms with van der Waals surface area (Å²) in [5.41, 5.74) is 1.16. The number of nitrogens with zero attached hydrogens (tertiary/aromatic N) is 2. The first-order chi connectivity index (χ1) is 7.15. The Labute approximate surface area is 96.1 Å². The summed E-state index contributed by atoms with van der Waals surface area (Å²) in [5, 5.41) is 0. The molecule has 0 radical (unpaired) electrons. The molecule has 0 amide bonds. The van der Waals surface area contributed by atoms with Gasteiger partial charge < -0.3 is 14.5 Å². The van der Waals surface area contributed by atoms with Crippen molar-refractivity contribution in [2.24, 2.45) is 5.92 Å².